The summed E-state index contributed by atoms with van der Waals surface area (Å²) in [6.45, 7) is 1.63. The summed E-state index contributed by atoms with van der Waals surface area (Å²) in [4.78, 5) is 11.9. The number of rotatable bonds is 4. The standard InChI is InChI=1S/C13H16BrNO5S2/c1-9-2-3-11(14)7-12(9)22(19,20)15-13(16)6-10-4-5-21(17,18)8-10/h2-3,7,10H,4-6,8H2,1H3,(H,15,16)/t10-/m1/s1. The molecule has 1 aromatic rings. The van der Waals surface area contributed by atoms with Crippen molar-refractivity contribution in [2.75, 3.05) is 11.5 Å². The van der Waals surface area contributed by atoms with E-state index in [-0.39, 0.29) is 28.7 Å². The van der Waals surface area contributed by atoms with Crippen molar-refractivity contribution in [2.45, 2.75) is 24.7 Å². The highest BCUT2D eigenvalue weighted by atomic mass is 79.9. The van der Waals surface area contributed by atoms with Crippen molar-refractivity contribution in [1.82, 2.24) is 4.72 Å². The molecule has 6 nitrogen and oxygen atoms in total. The van der Waals surface area contributed by atoms with Gasteiger partial charge in [-0.2, -0.15) is 0 Å². The SMILES string of the molecule is Cc1ccc(Br)cc1S(=O)(=O)NC(=O)C[C@H]1CCS(=O)(=O)C1. The van der Waals surface area contributed by atoms with Gasteiger partial charge in [0.25, 0.3) is 10.0 Å². The van der Waals surface area contributed by atoms with Crippen molar-refractivity contribution in [3.8, 4) is 0 Å². The first-order valence-electron chi connectivity index (χ1n) is 6.61. The topological polar surface area (TPSA) is 97.4 Å². The van der Waals surface area contributed by atoms with Gasteiger partial charge in [0, 0.05) is 10.9 Å². The molecule has 1 aliphatic rings. The fraction of sp³-hybridized carbons (Fsp3) is 0.462. The lowest BCUT2D eigenvalue weighted by atomic mass is 10.1. The average Bonchev–Trinajstić information content (AvgIpc) is 2.70. The zero-order chi connectivity index (χ0) is 16.5. The maximum Gasteiger partial charge on any atom is 0.264 e. The Morgan fingerprint density at radius 3 is 2.68 bits per heavy atom. The second-order valence-corrected chi connectivity index (χ2v) is 10.2. The molecule has 2 rings (SSSR count). The summed E-state index contributed by atoms with van der Waals surface area (Å²) in [7, 11) is -7.05. The first-order chi connectivity index (χ1) is 10.1. The van der Waals surface area contributed by atoms with Crippen molar-refractivity contribution in [1.29, 1.82) is 0 Å². The van der Waals surface area contributed by atoms with Crippen LogP contribution in [0.25, 0.3) is 0 Å². The number of carbonyl (C=O) groups is 1. The summed E-state index contributed by atoms with van der Waals surface area (Å²) in [5.41, 5.74) is 0.520. The Labute approximate surface area is 138 Å². The summed E-state index contributed by atoms with van der Waals surface area (Å²) >= 11 is 3.19. The molecule has 1 heterocycles. The van der Waals surface area contributed by atoms with E-state index in [1.54, 1.807) is 19.1 Å². The third-order valence-corrected chi connectivity index (χ3v) is 7.33. The van der Waals surface area contributed by atoms with E-state index in [2.05, 4.69) is 15.9 Å². The van der Waals surface area contributed by atoms with Gasteiger partial charge in [-0.1, -0.05) is 22.0 Å². The number of amides is 1. The lowest BCUT2D eigenvalue weighted by Crippen LogP contribution is -2.32. The molecule has 0 radical (unpaired) electrons. The predicted molar refractivity (Wildman–Crippen MR) is 85.6 cm³/mol. The summed E-state index contributed by atoms with van der Waals surface area (Å²) in [6, 6.07) is 4.76. The maximum absolute atomic E-state index is 12.2. The Kier molecular flexibility index (Phi) is 4.98. The zero-order valence-electron chi connectivity index (χ0n) is 11.9. The van der Waals surface area contributed by atoms with Crippen molar-refractivity contribution < 1.29 is 21.6 Å². The number of hydrogen-bond acceptors (Lipinski definition) is 5. The Morgan fingerprint density at radius 1 is 1.41 bits per heavy atom. The minimum atomic E-state index is -3.96. The fourth-order valence-electron chi connectivity index (χ4n) is 2.41. The van der Waals surface area contributed by atoms with Gasteiger partial charge in [0.05, 0.1) is 16.4 Å². The van der Waals surface area contributed by atoms with Gasteiger partial charge in [0.2, 0.25) is 5.91 Å². The van der Waals surface area contributed by atoms with E-state index < -0.39 is 25.8 Å². The normalized spacial score (nSPS) is 20.7. The monoisotopic (exact) mass is 409 g/mol. The molecule has 0 unspecified atom stereocenters. The molecule has 1 saturated heterocycles. The highest BCUT2D eigenvalue weighted by Crippen LogP contribution is 2.23. The van der Waals surface area contributed by atoms with Crippen LogP contribution in [0.1, 0.15) is 18.4 Å². The van der Waals surface area contributed by atoms with Crippen LogP contribution in [0.4, 0.5) is 0 Å². The highest BCUT2D eigenvalue weighted by molar-refractivity contribution is 9.10. The van der Waals surface area contributed by atoms with Crippen LogP contribution < -0.4 is 4.72 Å². The summed E-state index contributed by atoms with van der Waals surface area (Å²) in [5, 5.41) is 0. The molecule has 1 aromatic carbocycles. The van der Waals surface area contributed by atoms with Gasteiger partial charge < -0.3 is 0 Å². The van der Waals surface area contributed by atoms with Crippen LogP contribution in [0.5, 0.6) is 0 Å². The van der Waals surface area contributed by atoms with Gasteiger partial charge in [-0.25, -0.2) is 21.6 Å². The summed E-state index contributed by atoms with van der Waals surface area (Å²) in [5.74, 6) is -0.996. The molecule has 0 aromatic heterocycles. The third-order valence-electron chi connectivity index (χ3n) is 3.49. The second kappa shape index (κ2) is 6.29. The molecule has 9 heteroatoms. The van der Waals surface area contributed by atoms with Crippen LogP contribution in [0, 0.1) is 12.8 Å². The van der Waals surface area contributed by atoms with E-state index in [0.717, 1.165) is 0 Å². The number of sulfone groups is 1. The number of benzene rings is 1. The number of halogens is 1. The van der Waals surface area contributed by atoms with E-state index in [0.29, 0.717) is 16.5 Å². The Hall–Kier alpha value is -0.930. The Morgan fingerprint density at radius 2 is 2.09 bits per heavy atom. The number of hydrogen-bond donors (Lipinski definition) is 1. The third kappa shape index (κ3) is 4.30. The van der Waals surface area contributed by atoms with Gasteiger partial charge >= 0.3 is 0 Å². The lowest BCUT2D eigenvalue weighted by Gasteiger charge is -2.11. The van der Waals surface area contributed by atoms with Crippen LogP contribution in [-0.4, -0.2) is 34.2 Å². The van der Waals surface area contributed by atoms with Crippen molar-refractivity contribution in [3.63, 3.8) is 0 Å². The van der Waals surface area contributed by atoms with Crippen LogP contribution in [0.2, 0.25) is 0 Å². The molecule has 1 fully saturated rings. The van der Waals surface area contributed by atoms with E-state index in [9.17, 15) is 21.6 Å². The van der Waals surface area contributed by atoms with Crippen molar-refractivity contribution in [3.05, 3.63) is 28.2 Å². The molecular formula is C13H16BrNO5S2. The number of nitrogens with one attached hydrogen (secondary N) is 1. The molecule has 0 saturated carbocycles. The van der Waals surface area contributed by atoms with Crippen molar-refractivity contribution in [2.24, 2.45) is 5.92 Å². The van der Waals surface area contributed by atoms with Crippen LogP contribution in [0.3, 0.4) is 0 Å². The molecule has 0 spiro atoms. The fourth-order valence-corrected chi connectivity index (χ4v) is 6.05. The van der Waals surface area contributed by atoms with Gasteiger partial charge in [-0.3, -0.25) is 4.79 Å². The van der Waals surface area contributed by atoms with Gasteiger partial charge in [-0.15, -0.1) is 0 Å². The van der Waals surface area contributed by atoms with E-state index in [1.165, 1.54) is 6.07 Å². The largest absolute Gasteiger partial charge is 0.274 e. The second-order valence-electron chi connectivity index (χ2n) is 5.41. The summed E-state index contributed by atoms with van der Waals surface area (Å²) in [6.07, 6.45) is 0.289. The average molecular weight is 410 g/mol. The first kappa shape index (κ1) is 17.4. The van der Waals surface area contributed by atoms with Crippen LogP contribution >= 0.6 is 15.9 Å². The van der Waals surface area contributed by atoms with Crippen LogP contribution in [-0.2, 0) is 24.7 Å². The minimum Gasteiger partial charge on any atom is -0.274 e. The molecule has 1 amide bonds. The quantitative estimate of drug-likeness (QED) is 0.809. The van der Waals surface area contributed by atoms with E-state index >= 15 is 0 Å². The first-order valence-corrected chi connectivity index (χ1v) is 10.7. The molecular weight excluding hydrogens is 394 g/mol. The highest BCUT2D eigenvalue weighted by Gasteiger charge is 2.30. The smallest absolute Gasteiger partial charge is 0.264 e. The van der Waals surface area contributed by atoms with Gasteiger partial charge in [-0.05, 0) is 37.0 Å². The van der Waals surface area contributed by atoms with Crippen LogP contribution in [0.15, 0.2) is 27.6 Å². The molecule has 22 heavy (non-hydrogen) atoms. The Bertz CT molecular complexity index is 802. The minimum absolute atomic E-state index is 0.0225. The van der Waals surface area contributed by atoms with E-state index in [4.69, 9.17) is 0 Å². The lowest BCUT2D eigenvalue weighted by molar-refractivity contribution is -0.120. The molecule has 0 aliphatic carbocycles. The summed E-state index contributed by atoms with van der Waals surface area (Å²) < 4.78 is 49.8. The van der Waals surface area contributed by atoms with Gasteiger partial charge in [0.1, 0.15) is 0 Å². The zero-order valence-corrected chi connectivity index (χ0v) is 15.1. The molecule has 1 aliphatic heterocycles. The Balaban J connectivity index is 2.09. The van der Waals surface area contributed by atoms with Gasteiger partial charge in [0.15, 0.2) is 9.84 Å². The van der Waals surface area contributed by atoms with Crippen molar-refractivity contribution >= 4 is 41.7 Å². The molecule has 122 valence electrons. The number of carbonyl (C=O) groups excluding carboxylic acids is 1. The molecule has 1 atom stereocenters. The number of aryl methyl sites for hydroxylation is 1. The molecule has 0 bridgehead atoms. The van der Waals surface area contributed by atoms with E-state index in [1.807, 2.05) is 4.72 Å². The number of sulfonamides is 1. The molecule has 1 N–H and O–H groups in total. The predicted octanol–water partition coefficient (Wildman–Crippen LogP) is 1.39. The maximum atomic E-state index is 12.2.